The summed E-state index contributed by atoms with van der Waals surface area (Å²) in [6.45, 7) is 4.50. The van der Waals surface area contributed by atoms with Crippen molar-refractivity contribution in [2.24, 2.45) is 0 Å². The quantitative estimate of drug-likeness (QED) is 0.721. The molecule has 3 rings (SSSR count). The standard InChI is InChI=1S/C18H22ClN3S2/c1-13(20-18(23)21-15-8-3-2-7-14(15)19)17(16-9-6-12-24-16)22-10-4-5-11-22/h2-3,6-9,12-13,17H,4-5,10-11H2,1H3,(H2,20,21,23)/t13-,17-/m0/s1. The monoisotopic (exact) mass is 379 g/mol. The van der Waals surface area contributed by atoms with Gasteiger partial charge in [0.05, 0.1) is 16.8 Å². The average Bonchev–Trinajstić information content (AvgIpc) is 3.24. The molecule has 2 atom stereocenters. The second kappa shape index (κ2) is 8.30. The molecule has 2 aromatic rings. The zero-order chi connectivity index (χ0) is 16.9. The van der Waals surface area contributed by atoms with E-state index in [4.69, 9.17) is 23.8 Å². The molecule has 1 aromatic carbocycles. The van der Waals surface area contributed by atoms with Crippen LogP contribution in [-0.4, -0.2) is 29.1 Å². The Bertz CT molecular complexity index is 669. The third-order valence-electron chi connectivity index (χ3n) is 4.32. The Morgan fingerprint density at radius 1 is 1.21 bits per heavy atom. The van der Waals surface area contributed by atoms with Gasteiger partial charge in [0, 0.05) is 10.9 Å². The Morgan fingerprint density at radius 3 is 2.62 bits per heavy atom. The summed E-state index contributed by atoms with van der Waals surface area (Å²) in [6.07, 6.45) is 2.55. The van der Waals surface area contributed by atoms with Crippen molar-refractivity contribution < 1.29 is 0 Å². The highest BCUT2D eigenvalue weighted by Gasteiger charge is 2.29. The third-order valence-corrected chi connectivity index (χ3v) is 5.82. The van der Waals surface area contributed by atoms with Crippen LogP contribution in [0.3, 0.4) is 0 Å². The summed E-state index contributed by atoms with van der Waals surface area (Å²) in [6, 6.07) is 12.5. The molecule has 1 fully saturated rings. The van der Waals surface area contributed by atoms with Crippen LogP contribution in [0.15, 0.2) is 41.8 Å². The molecular formula is C18H22ClN3S2. The lowest BCUT2D eigenvalue weighted by Crippen LogP contribution is -2.45. The smallest absolute Gasteiger partial charge is 0.171 e. The maximum Gasteiger partial charge on any atom is 0.171 e. The molecule has 0 amide bonds. The predicted octanol–water partition coefficient (Wildman–Crippen LogP) is 4.91. The summed E-state index contributed by atoms with van der Waals surface area (Å²) >= 11 is 13.5. The van der Waals surface area contributed by atoms with Crippen LogP contribution in [0.1, 0.15) is 30.7 Å². The van der Waals surface area contributed by atoms with Crippen LogP contribution in [0, 0.1) is 0 Å². The zero-order valence-electron chi connectivity index (χ0n) is 13.7. The fourth-order valence-corrected chi connectivity index (χ4v) is 4.67. The molecule has 0 bridgehead atoms. The number of halogens is 1. The first-order valence-electron chi connectivity index (χ1n) is 8.24. The first-order chi connectivity index (χ1) is 11.6. The van der Waals surface area contributed by atoms with Crippen LogP contribution in [0.4, 0.5) is 5.69 Å². The topological polar surface area (TPSA) is 27.3 Å². The Morgan fingerprint density at radius 2 is 1.96 bits per heavy atom. The summed E-state index contributed by atoms with van der Waals surface area (Å²) < 4.78 is 0. The van der Waals surface area contributed by atoms with Gasteiger partial charge in [-0.15, -0.1) is 11.3 Å². The molecule has 0 saturated carbocycles. The molecule has 0 spiro atoms. The van der Waals surface area contributed by atoms with Crippen LogP contribution >= 0.6 is 35.2 Å². The first kappa shape index (κ1) is 17.7. The Kier molecular flexibility index (Phi) is 6.11. The van der Waals surface area contributed by atoms with Crippen molar-refractivity contribution in [3.8, 4) is 0 Å². The van der Waals surface area contributed by atoms with Crippen molar-refractivity contribution in [1.82, 2.24) is 10.2 Å². The number of thiophene rings is 1. The molecule has 6 heteroatoms. The average molecular weight is 380 g/mol. The number of nitrogens with zero attached hydrogens (tertiary/aromatic N) is 1. The molecule has 3 nitrogen and oxygen atoms in total. The number of rotatable bonds is 5. The fraction of sp³-hybridized carbons (Fsp3) is 0.389. The number of nitrogens with one attached hydrogen (secondary N) is 2. The highest BCUT2D eigenvalue weighted by atomic mass is 35.5. The highest BCUT2D eigenvalue weighted by molar-refractivity contribution is 7.80. The Balaban J connectivity index is 1.68. The normalized spacial score (nSPS) is 17.4. The zero-order valence-corrected chi connectivity index (χ0v) is 16.1. The van der Waals surface area contributed by atoms with Crippen LogP contribution in [0.2, 0.25) is 5.02 Å². The van der Waals surface area contributed by atoms with E-state index in [-0.39, 0.29) is 6.04 Å². The molecule has 24 heavy (non-hydrogen) atoms. The lowest BCUT2D eigenvalue weighted by molar-refractivity contribution is 0.214. The largest absolute Gasteiger partial charge is 0.358 e. The maximum atomic E-state index is 6.20. The minimum Gasteiger partial charge on any atom is -0.358 e. The predicted molar refractivity (Wildman–Crippen MR) is 108 cm³/mol. The summed E-state index contributed by atoms with van der Waals surface area (Å²) in [5.41, 5.74) is 0.831. The molecule has 128 valence electrons. The highest BCUT2D eigenvalue weighted by Crippen LogP contribution is 2.31. The van der Waals surface area contributed by atoms with Gasteiger partial charge in [-0.2, -0.15) is 0 Å². The molecule has 1 aromatic heterocycles. The van der Waals surface area contributed by atoms with Gasteiger partial charge in [-0.1, -0.05) is 29.8 Å². The van der Waals surface area contributed by atoms with E-state index >= 15 is 0 Å². The Labute approximate surface area is 158 Å². The second-order valence-electron chi connectivity index (χ2n) is 6.07. The number of para-hydroxylation sites is 1. The number of thiocarbonyl (C=S) groups is 1. The van der Waals surface area contributed by atoms with Crippen LogP contribution in [0.5, 0.6) is 0 Å². The van der Waals surface area contributed by atoms with Crippen molar-refractivity contribution in [3.05, 3.63) is 51.7 Å². The Hall–Kier alpha value is -1.14. The van der Waals surface area contributed by atoms with Gasteiger partial charge in [0.15, 0.2) is 5.11 Å². The lowest BCUT2D eigenvalue weighted by Gasteiger charge is -2.33. The van der Waals surface area contributed by atoms with E-state index < -0.39 is 0 Å². The lowest BCUT2D eigenvalue weighted by atomic mass is 10.1. The number of hydrogen-bond acceptors (Lipinski definition) is 3. The van der Waals surface area contributed by atoms with Crippen molar-refractivity contribution >= 4 is 46.0 Å². The molecule has 0 radical (unpaired) electrons. The van der Waals surface area contributed by atoms with Gasteiger partial charge in [-0.25, -0.2) is 0 Å². The number of benzene rings is 1. The molecule has 1 aliphatic heterocycles. The van der Waals surface area contributed by atoms with Gasteiger partial charge in [-0.05, 0) is 68.7 Å². The van der Waals surface area contributed by atoms with E-state index in [0.29, 0.717) is 16.2 Å². The molecule has 2 N–H and O–H groups in total. The van der Waals surface area contributed by atoms with Gasteiger partial charge in [0.2, 0.25) is 0 Å². The third kappa shape index (κ3) is 4.28. The van der Waals surface area contributed by atoms with E-state index in [1.54, 1.807) is 0 Å². The van der Waals surface area contributed by atoms with Gasteiger partial charge < -0.3 is 10.6 Å². The molecular weight excluding hydrogens is 358 g/mol. The maximum absolute atomic E-state index is 6.20. The molecule has 1 saturated heterocycles. The van der Waals surface area contributed by atoms with E-state index in [1.807, 2.05) is 35.6 Å². The van der Waals surface area contributed by atoms with Gasteiger partial charge in [0.25, 0.3) is 0 Å². The summed E-state index contributed by atoms with van der Waals surface area (Å²) in [4.78, 5) is 3.94. The minimum absolute atomic E-state index is 0.212. The SMILES string of the molecule is C[C@H](NC(=S)Nc1ccccc1Cl)[C@@H](c1cccs1)N1CCCC1. The van der Waals surface area contributed by atoms with Gasteiger partial charge >= 0.3 is 0 Å². The molecule has 2 heterocycles. The number of likely N-dealkylation sites (tertiary alicyclic amines) is 1. The van der Waals surface area contributed by atoms with E-state index in [0.717, 1.165) is 18.8 Å². The summed E-state index contributed by atoms with van der Waals surface area (Å²) in [7, 11) is 0. The second-order valence-corrected chi connectivity index (χ2v) is 7.87. The van der Waals surface area contributed by atoms with E-state index in [2.05, 4.69) is 40.0 Å². The fourth-order valence-electron chi connectivity index (χ4n) is 3.23. The van der Waals surface area contributed by atoms with Gasteiger partial charge in [-0.3, -0.25) is 4.90 Å². The number of anilines is 1. The van der Waals surface area contributed by atoms with Crippen molar-refractivity contribution in [3.63, 3.8) is 0 Å². The number of hydrogen-bond donors (Lipinski definition) is 2. The first-order valence-corrected chi connectivity index (χ1v) is 9.91. The molecule has 0 aliphatic carbocycles. The summed E-state index contributed by atoms with van der Waals surface area (Å²) in [5, 5.41) is 10.1. The van der Waals surface area contributed by atoms with Crippen molar-refractivity contribution in [2.45, 2.75) is 31.8 Å². The van der Waals surface area contributed by atoms with Crippen molar-refractivity contribution in [2.75, 3.05) is 18.4 Å². The van der Waals surface area contributed by atoms with E-state index in [9.17, 15) is 0 Å². The molecule has 0 unspecified atom stereocenters. The van der Waals surface area contributed by atoms with E-state index in [1.165, 1.54) is 17.7 Å². The van der Waals surface area contributed by atoms with Crippen LogP contribution in [-0.2, 0) is 0 Å². The van der Waals surface area contributed by atoms with Crippen molar-refractivity contribution in [1.29, 1.82) is 0 Å². The molecule has 1 aliphatic rings. The van der Waals surface area contributed by atoms with Crippen LogP contribution < -0.4 is 10.6 Å². The van der Waals surface area contributed by atoms with Crippen LogP contribution in [0.25, 0.3) is 0 Å². The summed E-state index contributed by atoms with van der Waals surface area (Å²) in [5.74, 6) is 0. The minimum atomic E-state index is 0.212. The van der Waals surface area contributed by atoms with Gasteiger partial charge in [0.1, 0.15) is 0 Å².